The van der Waals surface area contributed by atoms with Crippen LogP contribution in [0.4, 0.5) is 0 Å². The molecule has 34 heavy (non-hydrogen) atoms. The lowest BCUT2D eigenvalue weighted by Gasteiger charge is -2.41. The number of nitrogens with zero attached hydrogens (tertiary/aromatic N) is 3. The van der Waals surface area contributed by atoms with Crippen LogP contribution >= 0.6 is 11.3 Å². The van der Waals surface area contributed by atoms with Gasteiger partial charge in [0.25, 0.3) is 0 Å². The summed E-state index contributed by atoms with van der Waals surface area (Å²) in [4.78, 5) is 35.3. The molecule has 2 aromatic heterocycles. The largest absolute Gasteiger partial charge is 0.343 e. The highest BCUT2D eigenvalue weighted by molar-refractivity contribution is 7.10. The number of hydrogen-bond donors (Lipinski definition) is 2. The number of hydrogen-bond acceptors (Lipinski definition) is 6. The van der Waals surface area contributed by atoms with Crippen molar-refractivity contribution in [1.82, 2.24) is 25.4 Å². The van der Waals surface area contributed by atoms with E-state index in [4.69, 9.17) is 0 Å². The first-order chi connectivity index (χ1) is 16.6. The van der Waals surface area contributed by atoms with Crippen molar-refractivity contribution in [1.29, 1.82) is 0 Å². The Labute approximate surface area is 204 Å². The summed E-state index contributed by atoms with van der Waals surface area (Å²) < 4.78 is 0. The van der Waals surface area contributed by atoms with E-state index in [1.165, 1.54) is 10.4 Å². The third-order valence-corrected chi connectivity index (χ3v) is 7.02. The Balaban J connectivity index is 1.34. The Kier molecular flexibility index (Phi) is 8.41. The van der Waals surface area contributed by atoms with Crippen molar-refractivity contribution in [3.05, 3.63) is 88.4 Å². The number of benzene rings is 1. The minimum absolute atomic E-state index is 0.0198. The van der Waals surface area contributed by atoms with Crippen molar-refractivity contribution in [3.8, 4) is 0 Å². The highest BCUT2D eigenvalue weighted by Crippen LogP contribution is 2.29. The molecule has 1 aliphatic heterocycles. The number of carbonyl (C=O) groups is 2. The lowest BCUT2D eigenvalue weighted by atomic mass is 10.0. The van der Waals surface area contributed by atoms with E-state index in [1.807, 2.05) is 37.3 Å². The second-order valence-corrected chi connectivity index (χ2v) is 9.50. The zero-order valence-corrected chi connectivity index (χ0v) is 20.2. The van der Waals surface area contributed by atoms with E-state index in [-0.39, 0.29) is 18.6 Å². The van der Waals surface area contributed by atoms with Gasteiger partial charge in [0.1, 0.15) is 0 Å². The lowest BCUT2D eigenvalue weighted by Crippen LogP contribution is -2.53. The molecule has 2 atom stereocenters. The Hall–Kier alpha value is -3.07. The molecule has 1 aliphatic rings. The molecular formula is C26H31N5O2S. The van der Waals surface area contributed by atoms with Gasteiger partial charge in [-0.25, -0.2) is 0 Å². The third kappa shape index (κ3) is 6.50. The molecular weight excluding hydrogens is 446 g/mol. The first-order valence-electron chi connectivity index (χ1n) is 11.6. The molecule has 1 saturated heterocycles. The van der Waals surface area contributed by atoms with Crippen molar-refractivity contribution < 1.29 is 9.59 Å². The number of thiophene rings is 1. The first kappa shape index (κ1) is 24.1. The monoisotopic (exact) mass is 477 g/mol. The van der Waals surface area contributed by atoms with E-state index >= 15 is 0 Å². The Morgan fingerprint density at radius 3 is 2.41 bits per heavy atom. The average molecular weight is 478 g/mol. The van der Waals surface area contributed by atoms with Crippen LogP contribution in [0.15, 0.2) is 72.2 Å². The zero-order chi connectivity index (χ0) is 23.8. The van der Waals surface area contributed by atoms with E-state index in [2.05, 4.69) is 61.1 Å². The van der Waals surface area contributed by atoms with Crippen LogP contribution in [0.2, 0.25) is 0 Å². The van der Waals surface area contributed by atoms with Crippen molar-refractivity contribution in [2.75, 3.05) is 26.2 Å². The van der Waals surface area contributed by atoms with E-state index < -0.39 is 11.8 Å². The van der Waals surface area contributed by atoms with Crippen LogP contribution in [0.25, 0.3) is 0 Å². The van der Waals surface area contributed by atoms with Crippen molar-refractivity contribution >= 4 is 23.2 Å². The SMILES string of the molecule is C[C@@H](NC(=O)C(=O)NCc1ccccn1)[C@H](c1cccs1)N1CCN(Cc2ccccc2)CC1. The average Bonchev–Trinajstić information content (AvgIpc) is 3.39. The van der Waals surface area contributed by atoms with Gasteiger partial charge in [0.15, 0.2) is 0 Å². The number of piperazine rings is 1. The zero-order valence-electron chi connectivity index (χ0n) is 19.4. The lowest BCUT2D eigenvalue weighted by molar-refractivity contribution is -0.140. The summed E-state index contributed by atoms with van der Waals surface area (Å²) in [6, 6.07) is 19.9. The molecule has 0 bridgehead atoms. The predicted molar refractivity (Wildman–Crippen MR) is 134 cm³/mol. The summed E-state index contributed by atoms with van der Waals surface area (Å²) in [5.41, 5.74) is 2.03. The third-order valence-electron chi connectivity index (χ3n) is 6.08. The fourth-order valence-electron chi connectivity index (χ4n) is 4.35. The highest BCUT2D eigenvalue weighted by Gasteiger charge is 2.31. The van der Waals surface area contributed by atoms with Gasteiger partial charge < -0.3 is 10.6 Å². The van der Waals surface area contributed by atoms with Gasteiger partial charge in [0.05, 0.1) is 18.3 Å². The number of pyridine rings is 1. The molecule has 0 saturated carbocycles. The van der Waals surface area contributed by atoms with Crippen LogP contribution in [0.1, 0.15) is 29.1 Å². The summed E-state index contributed by atoms with van der Waals surface area (Å²) in [6.07, 6.45) is 1.66. The summed E-state index contributed by atoms with van der Waals surface area (Å²) >= 11 is 1.68. The number of rotatable bonds is 8. The molecule has 1 fully saturated rings. The van der Waals surface area contributed by atoms with E-state index in [0.717, 1.165) is 32.7 Å². The fourth-order valence-corrected chi connectivity index (χ4v) is 5.31. The first-order valence-corrected chi connectivity index (χ1v) is 12.5. The molecule has 178 valence electrons. The number of amides is 2. The smallest absolute Gasteiger partial charge is 0.309 e. The summed E-state index contributed by atoms with van der Waals surface area (Å²) in [5.74, 6) is -1.26. The summed E-state index contributed by atoms with van der Waals surface area (Å²) in [5, 5.41) is 7.65. The van der Waals surface area contributed by atoms with Crippen molar-refractivity contribution in [2.45, 2.75) is 32.1 Å². The molecule has 0 radical (unpaired) electrons. The van der Waals surface area contributed by atoms with Gasteiger partial charge in [0.2, 0.25) is 0 Å². The maximum atomic E-state index is 12.6. The quantitative estimate of drug-likeness (QED) is 0.488. The van der Waals surface area contributed by atoms with Gasteiger partial charge in [-0.2, -0.15) is 0 Å². The van der Waals surface area contributed by atoms with Gasteiger partial charge in [-0.15, -0.1) is 11.3 Å². The molecule has 8 heteroatoms. The van der Waals surface area contributed by atoms with Crippen molar-refractivity contribution in [2.24, 2.45) is 0 Å². The van der Waals surface area contributed by atoms with Gasteiger partial charge in [-0.3, -0.25) is 24.4 Å². The summed E-state index contributed by atoms with van der Waals surface area (Å²) in [6.45, 7) is 6.87. The second-order valence-electron chi connectivity index (χ2n) is 8.52. The molecule has 3 aromatic rings. The molecule has 0 unspecified atom stereocenters. The van der Waals surface area contributed by atoms with E-state index in [0.29, 0.717) is 5.69 Å². The maximum absolute atomic E-state index is 12.6. The second kappa shape index (κ2) is 11.9. The van der Waals surface area contributed by atoms with Crippen LogP contribution in [-0.2, 0) is 22.7 Å². The van der Waals surface area contributed by atoms with Crippen LogP contribution in [-0.4, -0.2) is 58.8 Å². The number of aromatic nitrogens is 1. The standard InChI is InChI=1S/C26H31N5O2S/c1-20(29-26(33)25(32)28-18-22-10-5-6-12-27-22)24(23-11-7-17-34-23)31-15-13-30(14-16-31)19-21-8-3-2-4-9-21/h2-12,17,20,24H,13-16,18-19H2,1H3,(H,28,32)(H,29,33)/t20-,24-/m1/s1. The molecule has 3 heterocycles. The number of nitrogens with one attached hydrogen (secondary N) is 2. The minimum atomic E-state index is -0.643. The van der Waals surface area contributed by atoms with Crippen LogP contribution in [0.3, 0.4) is 0 Å². The Morgan fingerprint density at radius 1 is 0.971 bits per heavy atom. The van der Waals surface area contributed by atoms with Gasteiger partial charge in [-0.1, -0.05) is 42.5 Å². The normalized spacial score (nSPS) is 16.5. The van der Waals surface area contributed by atoms with Crippen LogP contribution in [0, 0.1) is 0 Å². The molecule has 2 amide bonds. The molecule has 0 aliphatic carbocycles. The van der Waals surface area contributed by atoms with Crippen molar-refractivity contribution in [3.63, 3.8) is 0 Å². The maximum Gasteiger partial charge on any atom is 0.309 e. The molecule has 1 aromatic carbocycles. The minimum Gasteiger partial charge on any atom is -0.343 e. The topological polar surface area (TPSA) is 77.6 Å². The van der Waals surface area contributed by atoms with E-state index in [1.54, 1.807) is 17.5 Å². The van der Waals surface area contributed by atoms with Crippen LogP contribution in [0.5, 0.6) is 0 Å². The highest BCUT2D eigenvalue weighted by atomic mass is 32.1. The van der Waals surface area contributed by atoms with Gasteiger partial charge in [-0.05, 0) is 36.1 Å². The molecule has 0 spiro atoms. The van der Waals surface area contributed by atoms with Gasteiger partial charge >= 0.3 is 11.8 Å². The van der Waals surface area contributed by atoms with E-state index in [9.17, 15) is 9.59 Å². The van der Waals surface area contributed by atoms with Crippen LogP contribution < -0.4 is 10.6 Å². The van der Waals surface area contributed by atoms with Gasteiger partial charge in [0, 0.05) is 49.8 Å². The molecule has 2 N–H and O–H groups in total. The Bertz CT molecular complexity index is 1040. The molecule has 4 rings (SSSR count). The Morgan fingerprint density at radius 2 is 1.74 bits per heavy atom. The number of carbonyl (C=O) groups excluding carboxylic acids is 2. The summed E-state index contributed by atoms with van der Waals surface area (Å²) in [7, 11) is 0. The fraction of sp³-hybridized carbons (Fsp3) is 0.346. The predicted octanol–water partition coefficient (Wildman–Crippen LogP) is 2.82. The molecule has 7 nitrogen and oxygen atoms in total.